The van der Waals surface area contributed by atoms with Crippen molar-refractivity contribution in [3.8, 4) is 0 Å². The number of halogens is 2. The van der Waals surface area contributed by atoms with E-state index in [1.165, 1.54) is 6.07 Å². The Balaban J connectivity index is 3.13. The molecular weight excluding hydrogens is 215 g/mol. The molecule has 1 atom stereocenters. The number of hydrogen-bond donors (Lipinski definition) is 2. The van der Waals surface area contributed by atoms with E-state index in [-0.39, 0.29) is 17.3 Å². The number of hydrazine groups is 1. The Bertz CT molecular complexity index is 347. The summed E-state index contributed by atoms with van der Waals surface area (Å²) in [5.74, 6) is 5.12. The first-order valence-electron chi connectivity index (χ1n) is 4.77. The predicted octanol–water partition coefficient (Wildman–Crippen LogP) is 3.03. The third kappa shape index (κ3) is 2.91. The molecule has 0 saturated carbocycles. The highest BCUT2D eigenvalue weighted by Crippen LogP contribution is 2.33. The lowest BCUT2D eigenvalue weighted by atomic mass is 9.82. The van der Waals surface area contributed by atoms with Gasteiger partial charge >= 0.3 is 0 Å². The Kier molecular flexibility index (Phi) is 3.71. The van der Waals surface area contributed by atoms with Crippen molar-refractivity contribution in [2.24, 2.45) is 11.3 Å². The van der Waals surface area contributed by atoms with Crippen LogP contribution in [0.5, 0.6) is 0 Å². The summed E-state index contributed by atoms with van der Waals surface area (Å²) in [6.07, 6.45) is 0. The number of rotatable bonds is 2. The predicted molar refractivity (Wildman–Crippen MR) is 60.9 cm³/mol. The molecular formula is C11H16ClFN2. The van der Waals surface area contributed by atoms with Gasteiger partial charge in [0.25, 0.3) is 0 Å². The zero-order chi connectivity index (χ0) is 11.6. The maximum atomic E-state index is 13.6. The molecule has 1 rings (SSSR count). The minimum atomic E-state index is -0.333. The number of nitrogens with one attached hydrogen (secondary N) is 1. The second kappa shape index (κ2) is 4.47. The van der Waals surface area contributed by atoms with E-state index in [1.54, 1.807) is 12.1 Å². The highest BCUT2D eigenvalue weighted by atomic mass is 35.5. The van der Waals surface area contributed by atoms with Crippen molar-refractivity contribution in [1.82, 2.24) is 5.43 Å². The normalized spacial score (nSPS) is 14.0. The second-order valence-corrected chi connectivity index (χ2v) is 5.07. The Labute approximate surface area is 94.6 Å². The van der Waals surface area contributed by atoms with Gasteiger partial charge < -0.3 is 0 Å². The first-order valence-corrected chi connectivity index (χ1v) is 5.15. The minimum Gasteiger partial charge on any atom is -0.271 e. The molecule has 0 aliphatic carbocycles. The van der Waals surface area contributed by atoms with Gasteiger partial charge in [-0.25, -0.2) is 4.39 Å². The summed E-state index contributed by atoms with van der Waals surface area (Å²) < 4.78 is 13.6. The largest absolute Gasteiger partial charge is 0.271 e. The van der Waals surface area contributed by atoms with E-state index in [9.17, 15) is 4.39 Å². The van der Waals surface area contributed by atoms with Crippen LogP contribution in [0.4, 0.5) is 4.39 Å². The van der Waals surface area contributed by atoms with Gasteiger partial charge in [-0.1, -0.05) is 38.4 Å². The summed E-state index contributed by atoms with van der Waals surface area (Å²) >= 11 is 5.69. The third-order valence-electron chi connectivity index (χ3n) is 2.31. The average molecular weight is 231 g/mol. The molecule has 4 heteroatoms. The lowest BCUT2D eigenvalue weighted by Crippen LogP contribution is -2.37. The van der Waals surface area contributed by atoms with Gasteiger partial charge in [-0.05, 0) is 17.5 Å². The molecule has 0 aromatic heterocycles. The molecule has 0 radical (unpaired) electrons. The standard InChI is InChI=1S/C11H16ClFN2/c1-11(2,3)10(15-14)8-5-4-7(12)6-9(8)13/h4-6,10,15H,14H2,1-3H3. The van der Waals surface area contributed by atoms with Crippen LogP contribution in [-0.2, 0) is 0 Å². The van der Waals surface area contributed by atoms with Crippen molar-refractivity contribution in [1.29, 1.82) is 0 Å². The maximum Gasteiger partial charge on any atom is 0.129 e. The number of nitrogens with two attached hydrogens (primary N) is 1. The Morgan fingerprint density at radius 1 is 1.40 bits per heavy atom. The van der Waals surface area contributed by atoms with E-state index in [2.05, 4.69) is 5.43 Å². The van der Waals surface area contributed by atoms with Gasteiger partial charge in [-0.3, -0.25) is 11.3 Å². The zero-order valence-corrected chi connectivity index (χ0v) is 9.90. The fraction of sp³-hybridized carbons (Fsp3) is 0.455. The van der Waals surface area contributed by atoms with E-state index in [1.807, 2.05) is 20.8 Å². The van der Waals surface area contributed by atoms with Crippen molar-refractivity contribution in [3.63, 3.8) is 0 Å². The molecule has 0 heterocycles. The number of benzene rings is 1. The lowest BCUT2D eigenvalue weighted by Gasteiger charge is -2.30. The molecule has 1 aromatic rings. The molecule has 3 N–H and O–H groups in total. The van der Waals surface area contributed by atoms with Gasteiger partial charge in [0.05, 0.1) is 6.04 Å². The molecule has 84 valence electrons. The van der Waals surface area contributed by atoms with Crippen LogP contribution in [0.15, 0.2) is 18.2 Å². The van der Waals surface area contributed by atoms with Crippen LogP contribution >= 0.6 is 11.6 Å². The van der Waals surface area contributed by atoms with Crippen molar-refractivity contribution < 1.29 is 4.39 Å². The van der Waals surface area contributed by atoms with Crippen LogP contribution in [0.3, 0.4) is 0 Å². The molecule has 1 aromatic carbocycles. The topological polar surface area (TPSA) is 38.0 Å². The number of hydrogen-bond acceptors (Lipinski definition) is 2. The molecule has 15 heavy (non-hydrogen) atoms. The van der Waals surface area contributed by atoms with Gasteiger partial charge in [-0.2, -0.15) is 0 Å². The Morgan fingerprint density at radius 3 is 2.40 bits per heavy atom. The molecule has 0 bridgehead atoms. The van der Waals surface area contributed by atoms with Crippen molar-refractivity contribution in [2.75, 3.05) is 0 Å². The van der Waals surface area contributed by atoms with E-state index >= 15 is 0 Å². The van der Waals surface area contributed by atoms with Gasteiger partial charge in [-0.15, -0.1) is 0 Å². The monoisotopic (exact) mass is 230 g/mol. The van der Waals surface area contributed by atoms with Crippen LogP contribution in [0.25, 0.3) is 0 Å². The summed E-state index contributed by atoms with van der Waals surface area (Å²) in [7, 11) is 0. The van der Waals surface area contributed by atoms with Crippen molar-refractivity contribution in [2.45, 2.75) is 26.8 Å². The Hall–Kier alpha value is -0.640. The summed E-state index contributed by atoms with van der Waals surface area (Å²) in [5.41, 5.74) is 3.01. The minimum absolute atomic E-state index is 0.163. The van der Waals surface area contributed by atoms with Gasteiger partial charge in [0.15, 0.2) is 0 Å². The highest BCUT2D eigenvalue weighted by molar-refractivity contribution is 6.30. The van der Waals surface area contributed by atoms with E-state index in [4.69, 9.17) is 17.4 Å². The molecule has 0 amide bonds. The molecule has 0 aliphatic heterocycles. The first kappa shape index (κ1) is 12.4. The quantitative estimate of drug-likeness (QED) is 0.606. The third-order valence-corrected chi connectivity index (χ3v) is 2.54. The highest BCUT2D eigenvalue weighted by Gasteiger charge is 2.27. The fourth-order valence-electron chi connectivity index (χ4n) is 1.54. The van der Waals surface area contributed by atoms with E-state index in [0.29, 0.717) is 10.6 Å². The summed E-state index contributed by atoms with van der Waals surface area (Å²) in [5, 5.41) is 0.390. The van der Waals surface area contributed by atoms with Crippen LogP contribution in [0.1, 0.15) is 32.4 Å². The average Bonchev–Trinajstić information content (AvgIpc) is 2.07. The molecule has 0 saturated heterocycles. The molecule has 0 spiro atoms. The molecule has 0 aliphatic rings. The van der Waals surface area contributed by atoms with E-state index < -0.39 is 0 Å². The van der Waals surface area contributed by atoms with Gasteiger partial charge in [0.2, 0.25) is 0 Å². The van der Waals surface area contributed by atoms with E-state index in [0.717, 1.165) is 0 Å². The van der Waals surface area contributed by atoms with Crippen LogP contribution in [0.2, 0.25) is 5.02 Å². The van der Waals surface area contributed by atoms with Crippen molar-refractivity contribution >= 4 is 11.6 Å². The van der Waals surface area contributed by atoms with Gasteiger partial charge in [0.1, 0.15) is 5.82 Å². The smallest absolute Gasteiger partial charge is 0.129 e. The Morgan fingerprint density at radius 2 is 2.00 bits per heavy atom. The van der Waals surface area contributed by atoms with Crippen LogP contribution < -0.4 is 11.3 Å². The maximum absolute atomic E-state index is 13.6. The fourth-order valence-corrected chi connectivity index (χ4v) is 1.70. The summed E-state index contributed by atoms with van der Waals surface area (Å²) in [6, 6.07) is 4.38. The zero-order valence-electron chi connectivity index (χ0n) is 9.14. The first-order chi connectivity index (χ1) is 6.86. The summed E-state index contributed by atoms with van der Waals surface area (Å²) in [6.45, 7) is 5.97. The molecule has 2 nitrogen and oxygen atoms in total. The lowest BCUT2D eigenvalue weighted by molar-refractivity contribution is 0.269. The van der Waals surface area contributed by atoms with Gasteiger partial charge in [0, 0.05) is 10.6 Å². The SMILES string of the molecule is CC(C)(C)C(NN)c1ccc(Cl)cc1F. The van der Waals surface area contributed by atoms with Crippen LogP contribution in [-0.4, -0.2) is 0 Å². The van der Waals surface area contributed by atoms with Crippen LogP contribution in [0, 0.1) is 11.2 Å². The van der Waals surface area contributed by atoms with Crippen molar-refractivity contribution in [3.05, 3.63) is 34.6 Å². The molecule has 0 fully saturated rings. The molecule has 1 unspecified atom stereocenters. The summed E-state index contributed by atoms with van der Waals surface area (Å²) in [4.78, 5) is 0. The second-order valence-electron chi connectivity index (χ2n) is 4.63.